The molecule has 1 heterocycles. The quantitative estimate of drug-likeness (QED) is 0.295. The second-order valence-corrected chi connectivity index (χ2v) is 9.86. The van der Waals surface area contributed by atoms with Gasteiger partial charge in [-0.15, -0.1) is 13.2 Å². The zero-order valence-electron chi connectivity index (χ0n) is 19.1. The van der Waals surface area contributed by atoms with E-state index in [-0.39, 0.29) is 23.0 Å². The van der Waals surface area contributed by atoms with Gasteiger partial charge in [-0.05, 0) is 54.1 Å². The third kappa shape index (κ3) is 5.40. The molecule has 182 valence electrons. The fourth-order valence-corrected chi connectivity index (χ4v) is 5.28. The highest BCUT2D eigenvalue weighted by atomic mass is 32.2. The summed E-state index contributed by atoms with van der Waals surface area (Å²) in [6, 6.07) is 19.3. The molecule has 0 aliphatic heterocycles. The summed E-state index contributed by atoms with van der Waals surface area (Å²) in [5.41, 5.74) is 2.15. The van der Waals surface area contributed by atoms with E-state index in [9.17, 15) is 21.6 Å². The molecule has 0 radical (unpaired) electrons. The number of anilines is 1. The molecule has 35 heavy (non-hydrogen) atoms. The van der Waals surface area contributed by atoms with Crippen LogP contribution in [-0.2, 0) is 23.0 Å². The summed E-state index contributed by atoms with van der Waals surface area (Å²) < 4.78 is 70.3. The Bertz CT molecular complexity index is 1440. The van der Waals surface area contributed by atoms with Crippen LogP contribution in [-0.4, -0.2) is 19.8 Å². The summed E-state index contributed by atoms with van der Waals surface area (Å²) in [5.74, 6) is -0.135. The van der Waals surface area contributed by atoms with Gasteiger partial charge in [0.2, 0.25) is 0 Å². The molecule has 0 unspecified atom stereocenters. The van der Waals surface area contributed by atoms with E-state index in [1.807, 2.05) is 31.2 Å². The van der Waals surface area contributed by atoms with Crippen molar-refractivity contribution in [1.29, 1.82) is 0 Å². The van der Waals surface area contributed by atoms with Crippen LogP contribution in [0.4, 0.5) is 19.0 Å². The first kappa shape index (κ1) is 24.5. The smallest absolute Gasteiger partial charge is 0.406 e. The Labute approximate surface area is 201 Å². The van der Waals surface area contributed by atoms with Gasteiger partial charge in [-0.25, -0.2) is 17.7 Å². The highest BCUT2D eigenvalue weighted by Crippen LogP contribution is 2.32. The summed E-state index contributed by atoms with van der Waals surface area (Å²) >= 11 is 0. The molecule has 0 aliphatic carbocycles. The van der Waals surface area contributed by atoms with E-state index in [4.69, 9.17) is 0 Å². The summed E-state index contributed by atoms with van der Waals surface area (Å²) in [7, 11) is -4.05. The van der Waals surface area contributed by atoms with E-state index < -0.39 is 16.4 Å². The Morgan fingerprint density at radius 1 is 0.914 bits per heavy atom. The van der Waals surface area contributed by atoms with Gasteiger partial charge in [0.15, 0.2) is 0 Å². The fourth-order valence-electron chi connectivity index (χ4n) is 3.81. The van der Waals surface area contributed by atoms with E-state index in [0.29, 0.717) is 11.1 Å². The van der Waals surface area contributed by atoms with Crippen molar-refractivity contribution in [1.82, 2.24) is 4.98 Å². The lowest BCUT2D eigenvalue weighted by Crippen LogP contribution is -2.32. The maximum atomic E-state index is 13.8. The normalized spacial score (nSPS) is 12.0. The van der Waals surface area contributed by atoms with Gasteiger partial charge in [0.25, 0.3) is 10.0 Å². The predicted octanol–water partition coefficient (Wildman–Crippen LogP) is 6.40. The number of hydrogen-bond donors (Lipinski definition) is 0. The van der Waals surface area contributed by atoms with Crippen molar-refractivity contribution >= 4 is 26.6 Å². The standard InChI is InChI=1S/C26H23F3N2O3S/c1-3-19-10-14-23(15-11-19)35(32,33)31(17-20-8-12-22(13-9-20)34-26(27,28)29)25-18(2)24-7-5-4-6-21(24)16-30-25/h4-16H,3,17H2,1-2H3. The van der Waals surface area contributed by atoms with Gasteiger partial charge in [-0.3, -0.25) is 0 Å². The molecule has 0 atom stereocenters. The first-order valence-corrected chi connectivity index (χ1v) is 12.3. The lowest BCUT2D eigenvalue weighted by atomic mass is 10.1. The van der Waals surface area contributed by atoms with Crippen LogP contribution in [0.2, 0.25) is 0 Å². The highest BCUT2D eigenvalue weighted by Gasteiger charge is 2.31. The van der Waals surface area contributed by atoms with Gasteiger partial charge in [0.05, 0.1) is 11.4 Å². The van der Waals surface area contributed by atoms with Gasteiger partial charge in [0, 0.05) is 17.1 Å². The van der Waals surface area contributed by atoms with Crippen LogP contribution < -0.4 is 9.04 Å². The highest BCUT2D eigenvalue weighted by molar-refractivity contribution is 7.92. The van der Waals surface area contributed by atoms with Gasteiger partial charge >= 0.3 is 6.36 Å². The summed E-state index contributed by atoms with van der Waals surface area (Å²) in [6.07, 6.45) is -2.43. The van der Waals surface area contributed by atoms with Crippen LogP contribution in [0.25, 0.3) is 10.8 Å². The van der Waals surface area contributed by atoms with Crippen molar-refractivity contribution in [3.8, 4) is 5.75 Å². The number of pyridine rings is 1. The Kier molecular flexibility index (Phi) is 6.71. The largest absolute Gasteiger partial charge is 0.573 e. The number of nitrogens with zero attached hydrogens (tertiary/aromatic N) is 2. The molecule has 0 saturated carbocycles. The number of ether oxygens (including phenoxy) is 1. The molecule has 0 amide bonds. The third-order valence-electron chi connectivity index (χ3n) is 5.67. The topological polar surface area (TPSA) is 59.5 Å². The lowest BCUT2D eigenvalue weighted by Gasteiger charge is -2.26. The first-order valence-electron chi connectivity index (χ1n) is 10.9. The zero-order chi connectivity index (χ0) is 25.2. The van der Waals surface area contributed by atoms with Crippen LogP contribution in [0.3, 0.4) is 0 Å². The summed E-state index contributed by atoms with van der Waals surface area (Å²) in [6.45, 7) is 3.65. The Balaban J connectivity index is 1.79. The van der Waals surface area contributed by atoms with Crippen LogP contribution in [0.5, 0.6) is 5.75 Å². The van der Waals surface area contributed by atoms with Crippen LogP contribution >= 0.6 is 0 Å². The molecule has 0 spiro atoms. The lowest BCUT2D eigenvalue weighted by molar-refractivity contribution is -0.274. The molecule has 5 nitrogen and oxygen atoms in total. The average molecular weight is 501 g/mol. The van der Waals surface area contributed by atoms with Crippen molar-refractivity contribution < 1.29 is 26.3 Å². The Morgan fingerprint density at radius 2 is 1.54 bits per heavy atom. The number of hydrogen-bond acceptors (Lipinski definition) is 4. The fraction of sp³-hybridized carbons (Fsp3) is 0.192. The number of benzene rings is 3. The molecule has 0 N–H and O–H groups in total. The minimum Gasteiger partial charge on any atom is -0.406 e. The van der Waals surface area contributed by atoms with E-state index >= 15 is 0 Å². The van der Waals surface area contributed by atoms with E-state index in [0.717, 1.165) is 34.9 Å². The minimum atomic E-state index is -4.81. The number of aryl methyl sites for hydroxylation is 2. The monoisotopic (exact) mass is 500 g/mol. The molecule has 0 aliphatic rings. The molecule has 3 aromatic carbocycles. The maximum Gasteiger partial charge on any atom is 0.573 e. The second kappa shape index (κ2) is 9.58. The SMILES string of the molecule is CCc1ccc(S(=O)(=O)N(Cc2ccc(OC(F)(F)F)cc2)c2ncc3ccccc3c2C)cc1. The van der Waals surface area contributed by atoms with Gasteiger partial charge in [-0.2, -0.15) is 0 Å². The minimum absolute atomic E-state index is 0.0982. The number of sulfonamides is 1. The average Bonchev–Trinajstić information content (AvgIpc) is 2.83. The van der Waals surface area contributed by atoms with Crippen molar-refractivity contribution in [3.05, 3.63) is 95.7 Å². The molecular weight excluding hydrogens is 477 g/mol. The van der Waals surface area contributed by atoms with Gasteiger partial charge in [-0.1, -0.05) is 55.5 Å². The predicted molar refractivity (Wildman–Crippen MR) is 129 cm³/mol. The number of fused-ring (bicyclic) bond motifs is 1. The zero-order valence-corrected chi connectivity index (χ0v) is 19.9. The molecule has 0 saturated heterocycles. The van der Waals surface area contributed by atoms with Crippen molar-refractivity contribution in [3.63, 3.8) is 0 Å². The van der Waals surface area contributed by atoms with Gasteiger partial charge in [0.1, 0.15) is 11.6 Å². The molecule has 4 aromatic rings. The molecule has 9 heteroatoms. The maximum absolute atomic E-state index is 13.8. The third-order valence-corrected chi connectivity index (χ3v) is 7.42. The van der Waals surface area contributed by atoms with Gasteiger partial charge < -0.3 is 4.74 Å². The number of aromatic nitrogens is 1. The van der Waals surface area contributed by atoms with Crippen LogP contribution in [0.1, 0.15) is 23.6 Å². The second-order valence-electron chi connectivity index (χ2n) is 7.99. The van der Waals surface area contributed by atoms with E-state index in [1.54, 1.807) is 37.4 Å². The number of halogens is 3. The first-order chi connectivity index (χ1) is 16.6. The molecule has 4 rings (SSSR count). The number of alkyl halides is 3. The summed E-state index contributed by atoms with van der Waals surface area (Å²) in [5, 5.41) is 1.72. The number of rotatable bonds is 7. The summed E-state index contributed by atoms with van der Waals surface area (Å²) in [4.78, 5) is 4.57. The van der Waals surface area contributed by atoms with E-state index in [1.165, 1.54) is 16.4 Å². The van der Waals surface area contributed by atoms with Crippen molar-refractivity contribution in [2.45, 2.75) is 38.1 Å². The Morgan fingerprint density at radius 3 is 2.17 bits per heavy atom. The van der Waals surface area contributed by atoms with Crippen LogP contribution in [0, 0.1) is 6.92 Å². The van der Waals surface area contributed by atoms with E-state index in [2.05, 4.69) is 9.72 Å². The Hall–Kier alpha value is -3.59. The van der Waals surface area contributed by atoms with Crippen LogP contribution in [0.15, 0.2) is 83.9 Å². The molecule has 1 aromatic heterocycles. The molecule has 0 bridgehead atoms. The molecule has 0 fully saturated rings. The van der Waals surface area contributed by atoms with Crippen molar-refractivity contribution in [2.24, 2.45) is 0 Å². The van der Waals surface area contributed by atoms with Crippen molar-refractivity contribution in [2.75, 3.05) is 4.31 Å². The molecular formula is C26H23F3N2O3S.